The van der Waals surface area contributed by atoms with E-state index in [1.54, 1.807) is 13.0 Å². The van der Waals surface area contributed by atoms with Crippen molar-refractivity contribution in [3.05, 3.63) is 11.9 Å². The number of amides is 1. The number of nitrogens with two attached hydrogens (primary N) is 1. The number of anilines is 2. The van der Waals surface area contributed by atoms with Gasteiger partial charge in [0.1, 0.15) is 17.5 Å². The molecule has 0 atom stereocenters. The van der Waals surface area contributed by atoms with Crippen LogP contribution in [0.25, 0.3) is 0 Å². The molecule has 0 aliphatic heterocycles. The van der Waals surface area contributed by atoms with Crippen LogP contribution in [0, 0.1) is 6.92 Å². The highest BCUT2D eigenvalue weighted by Gasteiger charge is 2.12. The van der Waals surface area contributed by atoms with Gasteiger partial charge in [0.2, 0.25) is 5.91 Å². The van der Waals surface area contributed by atoms with E-state index in [0.717, 1.165) is 0 Å². The fourth-order valence-corrected chi connectivity index (χ4v) is 1.57. The van der Waals surface area contributed by atoms with Crippen LogP contribution in [0.3, 0.4) is 0 Å². The molecule has 0 saturated carbocycles. The van der Waals surface area contributed by atoms with Crippen molar-refractivity contribution in [2.75, 3.05) is 30.0 Å². The number of nitrogen functional groups attached to an aromatic ring is 1. The van der Waals surface area contributed by atoms with Crippen molar-refractivity contribution in [3.8, 4) is 0 Å². The summed E-state index contributed by atoms with van der Waals surface area (Å²) < 4.78 is 0. The van der Waals surface area contributed by atoms with Gasteiger partial charge in [-0.1, -0.05) is 0 Å². The van der Waals surface area contributed by atoms with Crippen molar-refractivity contribution in [1.82, 2.24) is 15.3 Å². The molecule has 1 rings (SSSR count). The zero-order valence-corrected chi connectivity index (χ0v) is 11.0. The third-order valence-electron chi connectivity index (χ3n) is 2.39. The monoisotopic (exact) mass is 252 g/mol. The summed E-state index contributed by atoms with van der Waals surface area (Å²) in [4.78, 5) is 21.9. The number of carbonyl (C=O) groups is 1. The minimum absolute atomic E-state index is 0.0297. The summed E-state index contributed by atoms with van der Waals surface area (Å²) in [5, 5.41) is 2.76. The molecule has 0 aliphatic carbocycles. The molecule has 0 fully saturated rings. The highest BCUT2D eigenvalue weighted by atomic mass is 16.2. The lowest BCUT2D eigenvalue weighted by Gasteiger charge is -2.21. The standard InChI is InChI=1S/C11H20N6O/c1-4-13-11(18)7-17(5-2)10-6-9(16-12)14-8(3)15-10/h6H,4-5,7,12H2,1-3H3,(H,13,18)(H,14,15,16). The molecule has 1 heterocycles. The summed E-state index contributed by atoms with van der Waals surface area (Å²) in [6.45, 7) is 7.20. The summed E-state index contributed by atoms with van der Waals surface area (Å²) >= 11 is 0. The number of hydrogen-bond acceptors (Lipinski definition) is 6. The molecule has 1 amide bonds. The Morgan fingerprint density at radius 1 is 1.44 bits per heavy atom. The van der Waals surface area contributed by atoms with Crippen molar-refractivity contribution in [3.63, 3.8) is 0 Å². The summed E-state index contributed by atoms with van der Waals surface area (Å²) in [6, 6.07) is 1.72. The molecule has 7 heteroatoms. The van der Waals surface area contributed by atoms with Crippen LogP contribution in [0.1, 0.15) is 19.7 Å². The van der Waals surface area contributed by atoms with E-state index in [2.05, 4.69) is 20.7 Å². The molecule has 100 valence electrons. The molecule has 0 saturated heterocycles. The molecular weight excluding hydrogens is 232 g/mol. The summed E-state index contributed by atoms with van der Waals surface area (Å²) in [5.74, 6) is 7.14. The number of likely N-dealkylation sites (N-methyl/N-ethyl adjacent to an activating group) is 2. The molecular formula is C11H20N6O. The number of aromatic nitrogens is 2. The molecule has 0 spiro atoms. The van der Waals surface area contributed by atoms with E-state index >= 15 is 0 Å². The molecule has 0 unspecified atom stereocenters. The molecule has 1 aromatic heterocycles. The first-order chi connectivity index (χ1) is 8.60. The lowest BCUT2D eigenvalue weighted by molar-refractivity contribution is -0.119. The van der Waals surface area contributed by atoms with Crippen LogP contribution in [-0.4, -0.2) is 35.5 Å². The molecule has 0 aromatic carbocycles. The van der Waals surface area contributed by atoms with Gasteiger partial charge in [-0.15, -0.1) is 0 Å². The number of carbonyl (C=O) groups excluding carboxylic acids is 1. The van der Waals surface area contributed by atoms with Gasteiger partial charge in [0.15, 0.2) is 0 Å². The van der Waals surface area contributed by atoms with E-state index in [0.29, 0.717) is 30.5 Å². The average Bonchev–Trinajstić information content (AvgIpc) is 2.35. The first-order valence-electron chi connectivity index (χ1n) is 5.94. The van der Waals surface area contributed by atoms with Crippen LogP contribution in [0.4, 0.5) is 11.6 Å². The third-order valence-corrected chi connectivity index (χ3v) is 2.39. The van der Waals surface area contributed by atoms with Crippen LogP contribution < -0.4 is 21.5 Å². The fraction of sp³-hybridized carbons (Fsp3) is 0.545. The zero-order valence-electron chi connectivity index (χ0n) is 11.0. The molecule has 0 aliphatic rings. The van der Waals surface area contributed by atoms with Crippen molar-refractivity contribution in [1.29, 1.82) is 0 Å². The van der Waals surface area contributed by atoms with E-state index in [-0.39, 0.29) is 12.5 Å². The fourth-order valence-electron chi connectivity index (χ4n) is 1.57. The second-order valence-corrected chi connectivity index (χ2v) is 3.77. The maximum absolute atomic E-state index is 11.6. The van der Waals surface area contributed by atoms with Gasteiger partial charge < -0.3 is 15.6 Å². The SMILES string of the molecule is CCNC(=O)CN(CC)c1cc(NN)nc(C)n1. The van der Waals surface area contributed by atoms with Gasteiger partial charge in [0.05, 0.1) is 6.54 Å². The molecule has 4 N–H and O–H groups in total. The Balaban J connectivity index is 2.87. The smallest absolute Gasteiger partial charge is 0.239 e. The number of hydrazine groups is 1. The summed E-state index contributed by atoms with van der Waals surface area (Å²) in [6.07, 6.45) is 0. The third kappa shape index (κ3) is 3.85. The van der Waals surface area contributed by atoms with E-state index < -0.39 is 0 Å². The second kappa shape index (κ2) is 6.75. The van der Waals surface area contributed by atoms with Crippen LogP contribution >= 0.6 is 0 Å². The topological polar surface area (TPSA) is 96.2 Å². The van der Waals surface area contributed by atoms with E-state index in [1.165, 1.54) is 0 Å². The predicted molar refractivity (Wildman–Crippen MR) is 71.1 cm³/mol. The lowest BCUT2D eigenvalue weighted by Crippen LogP contribution is -2.37. The Hall–Kier alpha value is -1.89. The van der Waals surface area contributed by atoms with Gasteiger partial charge >= 0.3 is 0 Å². The number of nitrogens with one attached hydrogen (secondary N) is 2. The largest absolute Gasteiger partial charge is 0.355 e. The van der Waals surface area contributed by atoms with Crippen LogP contribution in [0.15, 0.2) is 6.07 Å². The van der Waals surface area contributed by atoms with Crippen LogP contribution in [0.2, 0.25) is 0 Å². The maximum atomic E-state index is 11.6. The van der Waals surface area contributed by atoms with Gasteiger partial charge in [-0.25, -0.2) is 15.8 Å². The van der Waals surface area contributed by atoms with Crippen molar-refractivity contribution >= 4 is 17.5 Å². The van der Waals surface area contributed by atoms with Crippen molar-refractivity contribution in [2.24, 2.45) is 5.84 Å². The molecule has 1 aromatic rings. The normalized spacial score (nSPS) is 10.0. The van der Waals surface area contributed by atoms with Crippen LogP contribution in [0.5, 0.6) is 0 Å². The van der Waals surface area contributed by atoms with Crippen molar-refractivity contribution < 1.29 is 4.79 Å². The molecule has 18 heavy (non-hydrogen) atoms. The van der Waals surface area contributed by atoms with E-state index in [4.69, 9.17) is 5.84 Å². The van der Waals surface area contributed by atoms with Gasteiger partial charge in [-0.2, -0.15) is 0 Å². The average molecular weight is 252 g/mol. The Kier molecular flexibility index (Phi) is 5.31. The van der Waals surface area contributed by atoms with Gasteiger partial charge in [0, 0.05) is 19.2 Å². The number of hydrogen-bond donors (Lipinski definition) is 3. The zero-order chi connectivity index (χ0) is 13.5. The molecule has 7 nitrogen and oxygen atoms in total. The Labute approximate surface area is 107 Å². The maximum Gasteiger partial charge on any atom is 0.239 e. The van der Waals surface area contributed by atoms with E-state index in [1.807, 2.05) is 18.7 Å². The molecule has 0 radical (unpaired) electrons. The molecule has 0 bridgehead atoms. The number of rotatable bonds is 6. The second-order valence-electron chi connectivity index (χ2n) is 3.77. The minimum Gasteiger partial charge on any atom is -0.355 e. The van der Waals surface area contributed by atoms with Gasteiger partial charge in [-0.3, -0.25) is 4.79 Å². The quantitative estimate of drug-likeness (QED) is 0.488. The van der Waals surface area contributed by atoms with Crippen LogP contribution in [-0.2, 0) is 4.79 Å². The van der Waals surface area contributed by atoms with E-state index in [9.17, 15) is 4.79 Å². The lowest BCUT2D eigenvalue weighted by atomic mass is 10.4. The highest BCUT2D eigenvalue weighted by Crippen LogP contribution is 2.14. The van der Waals surface area contributed by atoms with Gasteiger partial charge in [0.25, 0.3) is 0 Å². The Morgan fingerprint density at radius 2 is 2.17 bits per heavy atom. The Morgan fingerprint density at radius 3 is 2.72 bits per heavy atom. The predicted octanol–water partition coefficient (Wildman–Crippen LogP) is 0.0330. The first-order valence-corrected chi connectivity index (χ1v) is 5.94. The first kappa shape index (κ1) is 14.2. The minimum atomic E-state index is -0.0297. The highest BCUT2D eigenvalue weighted by molar-refractivity contribution is 5.81. The summed E-state index contributed by atoms with van der Waals surface area (Å²) in [7, 11) is 0. The summed E-state index contributed by atoms with van der Waals surface area (Å²) in [5.41, 5.74) is 2.49. The number of nitrogens with zero attached hydrogens (tertiary/aromatic N) is 3. The van der Waals surface area contributed by atoms with Gasteiger partial charge in [-0.05, 0) is 20.8 Å². The number of aryl methyl sites for hydroxylation is 1. The Bertz CT molecular complexity index is 409. The van der Waals surface area contributed by atoms with Crippen molar-refractivity contribution in [2.45, 2.75) is 20.8 Å².